The van der Waals surface area contributed by atoms with Gasteiger partial charge in [0.05, 0.1) is 24.0 Å². The first-order chi connectivity index (χ1) is 12.5. The maximum atomic E-state index is 8.91. The Labute approximate surface area is 157 Å². The highest BCUT2D eigenvalue weighted by molar-refractivity contribution is 5.32. The molecule has 0 bridgehead atoms. The average Bonchev–Trinajstić information content (AvgIpc) is 2.65. The number of hydrogen-bond acceptors (Lipinski definition) is 5. The molecule has 2 fully saturated rings. The van der Waals surface area contributed by atoms with Gasteiger partial charge in [-0.05, 0) is 71.4 Å². The molecule has 0 radical (unpaired) electrons. The molecule has 1 aromatic heterocycles. The first kappa shape index (κ1) is 19.1. The maximum Gasteiger partial charge on any atom is 0.141 e. The molecule has 142 valence electrons. The van der Waals surface area contributed by atoms with Crippen molar-refractivity contribution in [1.82, 2.24) is 9.88 Å². The summed E-state index contributed by atoms with van der Waals surface area (Å²) >= 11 is 0. The molecule has 5 nitrogen and oxygen atoms in total. The van der Waals surface area contributed by atoms with Crippen molar-refractivity contribution in [3.05, 3.63) is 23.5 Å². The Balaban J connectivity index is 1.41. The van der Waals surface area contributed by atoms with Gasteiger partial charge >= 0.3 is 0 Å². The van der Waals surface area contributed by atoms with Crippen LogP contribution in [-0.2, 0) is 4.74 Å². The molecule has 26 heavy (non-hydrogen) atoms. The van der Waals surface area contributed by atoms with Crippen molar-refractivity contribution in [2.75, 3.05) is 13.1 Å². The number of aryl methyl sites for hydroxylation is 1. The predicted molar refractivity (Wildman–Crippen MR) is 101 cm³/mol. The first-order valence-corrected chi connectivity index (χ1v) is 9.99. The summed E-state index contributed by atoms with van der Waals surface area (Å²) in [4.78, 5) is 6.79. The van der Waals surface area contributed by atoms with E-state index in [0.717, 1.165) is 63.1 Å². The zero-order chi connectivity index (χ0) is 18.5. The van der Waals surface area contributed by atoms with Crippen LogP contribution >= 0.6 is 0 Å². The van der Waals surface area contributed by atoms with E-state index in [1.807, 2.05) is 13.0 Å². The molecule has 2 heterocycles. The van der Waals surface area contributed by atoms with Crippen LogP contribution in [0.15, 0.2) is 12.1 Å². The lowest BCUT2D eigenvalue weighted by molar-refractivity contribution is -0.0688. The van der Waals surface area contributed by atoms with E-state index in [1.54, 1.807) is 6.07 Å². The van der Waals surface area contributed by atoms with Gasteiger partial charge in [0.1, 0.15) is 17.5 Å². The minimum absolute atomic E-state index is 0.228. The Morgan fingerprint density at radius 1 is 1.04 bits per heavy atom. The molecule has 5 heteroatoms. The van der Waals surface area contributed by atoms with E-state index in [-0.39, 0.29) is 6.10 Å². The van der Waals surface area contributed by atoms with Crippen molar-refractivity contribution >= 4 is 0 Å². The fourth-order valence-corrected chi connectivity index (χ4v) is 4.00. The lowest BCUT2D eigenvalue weighted by Crippen LogP contribution is -2.42. The van der Waals surface area contributed by atoms with Crippen LogP contribution in [-0.4, -0.2) is 47.3 Å². The largest absolute Gasteiger partial charge is 0.489 e. The topological polar surface area (TPSA) is 58.4 Å². The molecule has 1 saturated heterocycles. The smallest absolute Gasteiger partial charge is 0.141 e. The highest BCUT2D eigenvalue weighted by Crippen LogP contribution is 2.29. The van der Waals surface area contributed by atoms with Gasteiger partial charge < -0.3 is 14.4 Å². The van der Waals surface area contributed by atoms with Gasteiger partial charge in [0.15, 0.2) is 0 Å². The van der Waals surface area contributed by atoms with Crippen molar-refractivity contribution in [2.24, 2.45) is 0 Å². The third-order valence-electron chi connectivity index (χ3n) is 5.66. The molecule has 0 amide bonds. The Morgan fingerprint density at radius 2 is 1.65 bits per heavy atom. The van der Waals surface area contributed by atoms with E-state index >= 15 is 0 Å². The van der Waals surface area contributed by atoms with Gasteiger partial charge in [-0.2, -0.15) is 5.26 Å². The van der Waals surface area contributed by atoms with Crippen LogP contribution in [0.3, 0.4) is 0 Å². The lowest BCUT2D eigenvalue weighted by Gasteiger charge is -2.37. The molecular weight excluding hydrogens is 326 g/mol. The first-order valence-electron chi connectivity index (χ1n) is 9.99. The van der Waals surface area contributed by atoms with Crippen LogP contribution in [0.2, 0.25) is 0 Å². The molecule has 1 saturated carbocycles. The van der Waals surface area contributed by atoms with E-state index in [1.165, 1.54) is 0 Å². The van der Waals surface area contributed by atoms with Gasteiger partial charge in [-0.15, -0.1) is 0 Å². The van der Waals surface area contributed by atoms with Crippen molar-refractivity contribution in [3.63, 3.8) is 0 Å². The molecule has 0 unspecified atom stereocenters. The predicted octanol–water partition coefficient (Wildman–Crippen LogP) is 3.84. The lowest BCUT2D eigenvalue weighted by atomic mass is 9.94. The standard InChI is InChI=1S/C21H31N3O2/c1-15(2)24-12-10-20(11-13-24)25-18-5-7-19(8-6-18)26-21-9-4-17(14-22)23-16(21)3/h4,9,15,18-20H,5-8,10-13H2,1-3H3. The SMILES string of the molecule is Cc1nc(C#N)ccc1OC1CCC(OC2CCN(C(C)C)CC2)CC1. The normalized spacial score (nSPS) is 25.2. The number of aromatic nitrogens is 1. The van der Waals surface area contributed by atoms with Crippen LogP contribution in [0.5, 0.6) is 5.75 Å². The van der Waals surface area contributed by atoms with Gasteiger partial charge in [-0.1, -0.05) is 0 Å². The van der Waals surface area contributed by atoms with E-state index in [0.29, 0.717) is 23.9 Å². The van der Waals surface area contributed by atoms with Crippen molar-refractivity contribution in [3.8, 4) is 11.8 Å². The van der Waals surface area contributed by atoms with Crippen LogP contribution in [0, 0.1) is 18.3 Å². The summed E-state index contributed by atoms with van der Waals surface area (Å²) in [5, 5.41) is 8.91. The Bertz CT molecular complexity index is 625. The van der Waals surface area contributed by atoms with Crippen LogP contribution in [0.25, 0.3) is 0 Å². The van der Waals surface area contributed by atoms with Crippen molar-refractivity contribution < 1.29 is 9.47 Å². The second-order valence-electron chi connectivity index (χ2n) is 7.87. The summed E-state index contributed by atoms with van der Waals surface area (Å²) in [6.45, 7) is 8.76. The van der Waals surface area contributed by atoms with Gasteiger partial charge in [-0.25, -0.2) is 4.98 Å². The molecule has 0 atom stereocenters. The number of pyridine rings is 1. The molecule has 3 rings (SSSR count). The van der Waals surface area contributed by atoms with Crippen LogP contribution in [0.4, 0.5) is 0 Å². The van der Waals surface area contributed by atoms with Crippen molar-refractivity contribution in [2.45, 2.75) is 83.6 Å². The van der Waals surface area contributed by atoms with E-state index in [9.17, 15) is 0 Å². The minimum Gasteiger partial charge on any atom is -0.489 e. The number of rotatable bonds is 5. The zero-order valence-electron chi connectivity index (χ0n) is 16.3. The quantitative estimate of drug-likeness (QED) is 0.801. The third kappa shape index (κ3) is 4.96. The molecule has 1 aromatic rings. The molecule has 0 N–H and O–H groups in total. The van der Waals surface area contributed by atoms with Crippen LogP contribution < -0.4 is 4.74 Å². The maximum absolute atomic E-state index is 8.91. The van der Waals surface area contributed by atoms with Gasteiger partial charge in [0, 0.05) is 19.1 Å². The Hall–Kier alpha value is -1.64. The number of piperidine rings is 1. The zero-order valence-corrected chi connectivity index (χ0v) is 16.3. The number of nitriles is 1. The van der Waals surface area contributed by atoms with E-state index in [2.05, 4.69) is 29.8 Å². The second kappa shape index (κ2) is 8.83. The number of hydrogen-bond donors (Lipinski definition) is 0. The average molecular weight is 357 g/mol. The summed E-state index contributed by atoms with van der Waals surface area (Å²) in [5.74, 6) is 0.800. The highest BCUT2D eigenvalue weighted by atomic mass is 16.5. The fourth-order valence-electron chi connectivity index (χ4n) is 4.00. The van der Waals surface area contributed by atoms with Crippen molar-refractivity contribution in [1.29, 1.82) is 5.26 Å². The molecule has 0 spiro atoms. The third-order valence-corrected chi connectivity index (χ3v) is 5.66. The van der Waals surface area contributed by atoms with E-state index in [4.69, 9.17) is 14.7 Å². The number of ether oxygens (including phenoxy) is 2. The molecule has 1 aliphatic carbocycles. The monoisotopic (exact) mass is 357 g/mol. The molecular formula is C21H31N3O2. The van der Waals surface area contributed by atoms with Crippen LogP contribution in [0.1, 0.15) is 63.8 Å². The Kier molecular flexibility index (Phi) is 6.50. The summed E-state index contributed by atoms with van der Waals surface area (Å²) in [5.41, 5.74) is 1.23. The molecule has 1 aliphatic heterocycles. The summed E-state index contributed by atoms with van der Waals surface area (Å²) in [6, 6.07) is 6.30. The van der Waals surface area contributed by atoms with Gasteiger partial charge in [0.25, 0.3) is 0 Å². The summed E-state index contributed by atoms with van der Waals surface area (Å²) in [6.07, 6.45) is 7.53. The second-order valence-corrected chi connectivity index (χ2v) is 7.87. The highest BCUT2D eigenvalue weighted by Gasteiger charge is 2.28. The number of nitrogens with zero attached hydrogens (tertiary/aromatic N) is 3. The van der Waals surface area contributed by atoms with Gasteiger partial charge in [0.2, 0.25) is 0 Å². The summed E-state index contributed by atoms with van der Waals surface area (Å²) < 4.78 is 12.5. The molecule has 0 aromatic carbocycles. The minimum atomic E-state index is 0.228. The number of likely N-dealkylation sites (tertiary alicyclic amines) is 1. The fraction of sp³-hybridized carbons (Fsp3) is 0.714. The summed E-state index contributed by atoms with van der Waals surface area (Å²) in [7, 11) is 0. The van der Waals surface area contributed by atoms with E-state index < -0.39 is 0 Å². The Morgan fingerprint density at radius 3 is 2.23 bits per heavy atom. The molecule has 2 aliphatic rings. The van der Waals surface area contributed by atoms with Gasteiger partial charge in [-0.3, -0.25) is 0 Å².